The smallest absolute Gasteiger partial charge is 0.303 e. The first-order chi connectivity index (χ1) is 11.1. The van der Waals surface area contributed by atoms with E-state index in [4.69, 9.17) is 0 Å². The quantitative estimate of drug-likeness (QED) is 0.787. The Morgan fingerprint density at radius 1 is 1.33 bits per heavy atom. The van der Waals surface area contributed by atoms with Crippen molar-refractivity contribution in [2.24, 2.45) is 5.92 Å². The predicted octanol–water partition coefficient (Wildman–Crippen LogP) is 2.52. The molecular formula is C16H22BrN3O3S. The van der Waals surface area contributed by atoms with Crippen LogP contribution >= 0.6 is 15.9 Å². The summed E-state index contributed by atoms with van der Waals surface area (Å²) in [5.41, 5.74) is 1.83. The highest BCUT2D eigenvalue weighted by Crippen LogP contribution is 2.26. The van der Waals surface area contributed by atoms with Crippen LogP contribution in [0.2, 0.25) is 0 Å². The summed E-state index contributed by atoms with van der Waals surface area (Å²) < 4.78 is 29.7. The average Bonchev–Trinajstić information content (AvgIpc) is 2.74. The molecule has 1 N–H and O–H groups in total. The van der Waals surface area contributed by atoms with Crippen molar-refractivity contribution in [3.05, 3.63) is 34.4 Å². The van der Waals surface area contributed by atoms with E-state index in [1.165, 1.54) is 14.1 Å². The largest absolute Gasteiger partial charge is 0.347 e. The Morgan fingerprint density at radius 3 is 2.58 bits per heavy atom. The van der Waals surface area contributed by atoms with E-state index < -0.39 is 16.1 Å². The maximum Gasteiger partial charge on any atom is 0.303 e. The van der Waals surface area contributed by atoms with E-state index in [-0.39, 0.29) is 6.42 Å². The predicted molar refractivity (Wildman–Crippen MR) is 98.9 cm³/mol. The van der Waals surface area contributed by atoms with Gasteiger partial charge in [-0.3, -0.25) is 4.79 Å². The Morgan fingerprint density at radius 2 is 2.00 bits per heavy atom. The Labute approximate surface area is 151 Å². The van der Waals surface area contributed by atoms with E-state index in [0.717, 1.165) is 31.8 Å². The van der Waals surface area contributed by atoms with Crippen molar-refractivity contribution in [3.63, 3.8) is 0 Å². The molecule has 1 aromatic carbocycles. The summed E-state index contributed by atoms with van der Waals surface area (Å²) in [6, 6.07) is 5.87. The van der Waals surface area contributed by atoms with Crippen LogP contribution in [0.4, 0.5) is 0 Å². The zero-order valence-electron chi connectivity index (χ0n) is 14.2. The second kappa shape index (κ2) is 7.25. The lowest BCUT2D eigenvalue weighted by Crippen LogP contribution is -2.40. The van der Waals surface area contributed by atoms with E-state index in [1.807, 2.05) is 24.4 Å². The summed E-state index contributed by atoms with van der Waals surface area (Å²) in [5, 5.41) is 0.955. The maximum absolute atomic E-state index is 12.1. The van der Waals surface area contributed by atoms with Crippen molar-refractivity contribution in [3.8, 4) is 0 Å². The molecule has 1 heterocycles. The lowest BCUT2D eigenvalue weighted by Gasteiger charge is -2.11. The number of amides is 1. The number of hydrogen-bond donors (Lipinski definition) is 1. The standard InChI is InChI=1S/C16H22BrN3O3S/c1-11(2)9-20-10-12(14-6-5-13(17)8-15(14)20)7-16(21)18-24(22,23)19(3)4/h5-6,8,10-11H,7,9H2,1-4H3,(H,18,21). The van der Waals surface area contributed by atoms with Gasteiger partial charge in [-0.2, -0.15) is 12.7 Å². The van der Waals surface area contributed by atoms with Gasteiger partial charge in [-0.05, 0) is 23.6 Å². The summed E-state index contributed by atoms with van der Waals surface area (Å²) >= 11 is 3.47. The normalized spacial score (nSPS) is 12.3. The Kier molecular flexibility index (Phi) is 5.72. The summed E-state index contributed by atoms with van der Waals surface area (Å²) in [6.07, 6.45) is 1.94. The average molecular weight is 416 g/mol. The molecular weight excluding hydrogens is 394 g/mol. The molecule has 0 aliphatic rings. The topological polar surface area (TPSA) is 71.4 Å². The van der Waals surface area contributed by atoms with Crippen LogP contribution in [0, 0.1) is 5.92 Å². The zero-order chi connectivity index (χ0) is 18.1. The van der Waals surface area contributed by atoms with Gasteiger partial charge in [-0.15, -0.1) is 0 Å². The fourth-order valence-electron chi connectivity index (χ4n) is 2.47. The number of benzene rings is 1. The number of carbonyl (C=O) groups excluding carboxylic acids is 1. The van der Waals surface area contributed by atoms with Gasteiger partial charge in [-0.1, -0.05) is 35.8 Å². The summed E-state index contributed by atoms with van der Waals surface area (Å²) in [6.45, 7) is 5.07. The molecule has 0 radical (unpaired) electrons. The highest BCUT2D eigenvalue weighted by molar-refractivity contribution is 9.10. The van der Waals surface area contributed by atoms with Crippen molar-refractivity contribution in [2.75, 3.05) is 14.1 Å². The van der Waals surface area contributed by atoms with Crippen LogP contribution in [0.5, 0.6) is 0 Å². The number of carbonyl (C=O) groups is 1. The molecule has 0 unspecified atom stereocenters. The number of fused-ring (bicyclic) bond motifs is 1. The molecule has 0 spiro atoms. The van der Waals surface area contributed by atoms with Crippen LogP contribution in [0.1, 0.15) is 19.4 Å². The maximum atomic E-state index is 12.1. The van der Waals surface area contributed by atoms with Gasteiger partial charge < -0.3 is 4.57 Å². The molecule has 0 fully saturated rings. The lowest BCUT2D eigenvalue weighted by molar-refractivity contribution is -0.118. The number of nitrogens with zero attached hydrogens (tertiary/aromatic N) is 2. The van der Waals surface area contributed by atoms with E-state index in [2.05, 4.69) is 39.1 Å². The lowest BCUT2D eigenvalue weighted by atomic mass is 10.1. The molecule has 1 amide bonds. The molecule has 0 saturated heterocycles. The minimum absolute atomic E-state index is 0.0102. The fraction of sp³-hybridized carbons (Fsp3) is 0.438. The molecule has 0 bridgehead atoms. The number of aromatic nitrogens is 1. The van der Waals surface area contributed by atoms with Gasteiger partial charge in [0.25, 0.3) is 0 Å². The molecule has 24 heavy (non-hydrogen) atoms. The van der Waals surface area contributed by atoms with E-state index in [1.54, 1.807) is 0 Å². The highest BCUT2D eigenvalue weighted by atomic mass is 79.9. The first-order valence-electron chi connectivity index (χ1n) is 7.60. The van der Waals surface area contributed by atoms with Crippen molar-refractivity contribution >= 4 is 42.9 Å². The molecule has 0 saturated carbocycles. The Balaban J connectivity index is 2.34. The van der Waals surface area contributed by atoms with Gasteiger partial charge in [0, 0.05) is 42.2 Å². The number of hydrogen-bond acceptors (Lipinski definition) is 3. The number of rotatable bonds is 6. The Hall–Kier alpha value is -1.38. The van der Waals surface area contributed by atoms with Crippen LogP contribution in [0.3, 0.4) is 0 Å². The molecule has 0 atom stereocenters. The summed E-state index contributed by atoms with van der Waals surface area (Å²) in [5.74, 6) is -0.0920. The molecule has 8 heteroatoms. The van der Waals surface area contributed by atoms with Crippen LogP contribution in [-0.2, 0) is 28.0 Å². The van der Waals surface area contributed by atoms with Crippen molar-refractivity contribution < 1.29 is 13.2 Å². The second-order valence-corrected chi connectivity index (χ2v) is 9.15. The molecule has 6 nitrogen and oxygen atoms in total. The van der Waals surface area contributed by atoms with Crippen LogP contribution in [0.15, 0.2) is 28.9 Å². The van der Waals surface area contributed by atoms with E-state index in [0.29, 0.717) is 5.92 Å². The minimum Gasteiger partial charge on any atom is -0.347 e. The number of nitrogens with one attached hydrogen (secondary N) is 1. The third kappa shape index (κ3) is 4.37. The summed E-state index contributed by atoms with van der Waals surface area (Å²) in [4.78, 5) is 12.1. The molecule has 2 rings (SSSR count). The molecule has 1 aromatic heterocycles. The van der Waals surface area contributed by atoms with Crippen molar-refractivity contribution in [1.82, 2.24) is 13.6 Å². The van der Waals surface area contributed by atoms with Crippen molar-refractivity contribution in [2.45, 2.75) is 26.8 Å². The second-order valence-electron chi connectivity index (χ2n) is 6.35. The third-order valence-corrected chi connectivity index (χ3v) is 5.50. The minimum atomic E-state index is -3.77. The molecule has 132 valence electrons. The summed E-state index contributed by atoms with van der Waals surface area (Å²) in [7, 11) is -1.02. The van der Waals surface area contributed by atoms with Gasteiger partial charge in [0.2, 0.25) is 5.91 Å². The van der Waals surface area contributed by atoms with Crippen LogP contribution < -0.4 is 4.72 Å². The van der Waals surface area contributed by atoms with Gasteiger partial charge in [0.15, 0.2) is 0 Å². The van der Waals surface area contributed by atoms with Gasteiger partial charge in [0.05, 0.1) is 6.42 Å². The van der Waals surface area contributed by atoms with Gasteiger partial charge in [0.1, 0.15) is 0 Å². The third-order valence-electron chi connectivity index (χ3n) is 3.56. The monoisotopic (exact) mass is 415 g/mol. The van der Waals surface area contributed by atoms with Crippen LogP contribution in [0.25, 0.3) is 10.9 Å². The first-order valence-corrected chi connectivity index (χ1v) is 9.84. The highest BCUT2D eigenvalue weighted by Gasteiger charge is 2.19. The van der Waals surface area contributed by atoms with E-state index >= 15 is 0 Å². The van der Waals surface area contributed by atoms with Gasteiger partial charge >= 0.3 is 10.2 Å². The SMILES string of the molecule is CC(C)Cn1cc(CC(=O)NS(=O)(=O)N(C)C)c2ccc(Br)cc21. The van der Waals surface area contributed by atoms with Crippen molar-refractivity contribution in [1.29, 1.82) is 0 Å². The van der Waals surface area contributed by atoms with Gasteiger partial charge in [-0.25, -0.2) is 4.72 Å². The first kappa shape index (κ1) is 19.0. The molecule has 0 aliphatic carbocycles. The fourth-order valence-corrected chi connectivity index (χ4v) is 3.36. The molecule has 2 aromatic rings. The van der Waals surface area contributed by atoms with Crippen LogP contribution in [-0.4, -0.2) is 37.3 Å². The van der Waals surface area contributed by atoms with E-state index in [9.17, 15) is 13.2 Å². The zero-order valence-corrected chi connectivity index (χ0v) is 16.6. The number of halogens is 1. The molecule has 0 aliphatic heterocycles. The Bertz CT molecular complexity index is 857.